The summed E-state index contributed by atoms with van der Waals surface area (Å²) in [5.74, 6) is 0.792. The number of nitrogen functional groups attached to an aromatic ring is 1. The summed E-state index contributed by atoms with van der Waals surface area (Å²) in [7, 11) is 0. The van der Waals surface area contributed by atoms with Gasteiger partial charge in [-0.25, -0.2) is 19.9 Å². The summed E-state index contributed by atoms with van der Waals surface area (Å²) in [6.45, 7) is 3.86. The number of ether oxygens (including phenoxy) is 1. The van der Waals surface area contributed by atoms with Gasteiger partial charge in [-0.1, -0.05) is 12.1 Å². The minimum atomic E-state index is -0.131. The number of H-pyrrole nitrogens is 1. The molecule has 1 aromatic carbocycles. The average Bonchev–Trinajstić information content (AvgIpc) is 3.74. The molecule has 6 aromatic rings. The van der Waals surface area contributed by atoms with Crippen LogP contribution in [0.1, 0.15) is 35.9 Å². The van der Waals surface area contributed by atoms with Crippen LogP contribution in [0.4, 0.5) is 5.95 Å². The van der Waals surface area contributed by atoms with Crippen LogP contribution in [-0.2, 0) is 6.54 Å². The van der Waals surface area contributed by atoms with Crippen molar-refractivity contribution in [1.82, 2.24) is 40.0 Å². The van der Waals surface area contributed by atoms with E-state index in [0.29, 0.717) is 28.6 Å². The summed E-state index contributed by atoms with van der Waals surface area (Å²) >= 11 is 1.31. The largest absolute Gasteiger partial charge is 0.494 e. The number of carbonyl (C=O) groups excluding carboxylic acids is 1. The van der Waals surface area contributed by atoms with E-state index in [2.05, 4.69) is 35.3 Å². The van der Waals surface area contributed by atoms with Crippen LogP contribution in [0.5, 0.6) is 5.75 Å². The number of hydrogen-bond donors (Lipinski definition) is 3. The molecule has 0 saturated carbocycles. The van der Waals surface area contributed by atoms with Gasteiger partial charge in [0, 0.05) is 47.4 Å². The molecule has 0 aliphatic carbocycles. The summed E-state index contributed by atoms with van der Waals surface area (Å²) in [5, 5.41) is 9.12. The maximum absolute atomic E-state index is 12.4. The van der Waals surface area contributed by atoms with E-state index in [1.165, 1.54) is 11.3 Å². The number of aryl methyl sites for hydroxylation is 1. The summed E-state index contributed by atoms with van der Waals surface area (Å²) in [4.78, 5) is 34.2. The van der Waals surface area contributed by atoms with Gasteiger partial charge in [-0.3, -0.25) is 9.48 Å². The Balaban J connectivity index is 1.04. The molecule has 208 valence electrons. The number of nitrogens with zero attached hydrogens (tertiary/aromatic N) is 6. The Hall–Kier alpha value is -4.84. The van der Waals surface area contributed by atoms with Crippen molar-refractivity contribution in [3.05, 3.63) is 66.2 Å². The third kappa shape index (κ3) is 5.73. The molecule has 0 radical (unpaired) electrons. The van der Waals surface area contributed by atoms with Gasteiger partial charge in [0.2, 0.25) is 5.95 Å². The quantitative estimate of drug-likeness (QED) is 0.184. The predicted octanol–water partition coefficient (Wildman–Crippen LogP) is 5.07. The van der Waals surface area contributed by atoms with Crippen LogP contribution in [0.15, 0.2) is 61.3 Å². The molecular formula is C29H29N9O2S. The highest BCUT2D eigenvalue weighted by Crippen LogP contribution is 2.34. The first kappa shape index (κ1) is 26.4. The van der Waals surface area contributed by atoms with Crippen molar-refractivity contribution < 1.29 is 9.53 Å². The summed E-state index contributed by atoms with van der Waals surface area (Å²) in [5.41, 5.74) is 10.2. The van der Waals surface area contributed by atoms with Gasteiger partial charge < -0.3 is 20.8 Å². The van der Waals surface area contributed by atoms with Gasteiger partial charge in [0.25, 0.3) is 5.91 Å². The number of nitrogens with two attached hydrogens (primary N) is 1. The van der Waals surface area contributed by atoms with Crippen LogP contribution < -0.4 is 15.8 Å². The van der Waals surface area contributed by atoms with Crippen molar-refractivity contribution in [3.63, 3.8) is 0 Å². The molecule has 4 N–H and O–H groups in total. The molecule has 0 bridgehead atoms. The fourth-order valence-electron chi connectivity index (χ4n) is 4.70. The SMILES string of the molecule is CCNC(=O)c1cc2c(-c3cccc(OCCCCCn4cc(-c5ncnc6[nH]ccc56)cn4)c3)nc(N)nc2s1. The van der Waals surface area contributed by atoms with Crippen LogP contribution in [0.2, 0.25) is 0 Å². The topological polar surface area (TPSA) is 150 Å². The molecule has 1 amide bonds. The van der Waals surface area contributed by atoms with Crippen molar-refractivity contribution in [2.75, 3.05) is 18.9 Å². The minimum Gasteiger partial charge on any atom is -0.494 e. The molecule has 0 fully saturated rings. The minimum absolute atomic E-state index is 0.131. The summed E-state index contributed by atoms with van der Waals surface area (Å²) in [6, 6.07) is 11.6. The third-order valence-electron chi connectivity index (χ3n) is 6.64. The number of fused-ring (bicyclic) bond motifs is 2. The second-order valence-corrected chi connectivity index (χ2v) is 10.5. The van der Waals surface area contributed by atoms with Crippen molar-refractivity contribution >= 4 is 44.4 Å². The average molecular weight is 568 g/mol. The predicted molar refractivity (Wildman–Crippen MR) is 160 cm³/mol. The third-order valence-corrected chi connectivity index (χ3v) is 7.67. The van der Waals surface area contributed by atoms with Gasteiger partial charge in [-0.2, -0.15) is 5.10 Å². The van der Waals surface area contributed by atoms with E-state index in [4.69, 9.17) is 10.5 Å². The molecule has 11 nitrogen and oxygen atoms in total. The van der Waals surface area contributed by atoms with Crippen molar-refractivity contribution in [3.8, 4) is 28.3 Å². The number of nitrogens with one attached hydrogen (secondary N) is 2. The molecule has 0 spiro atoms. The van der Waals surface area contributed by atoms with E-state index >= 15 is 0 Å². The van der Waals surface area contributed by atoms with Gasteiger partial charge in [0.15, 0.2) is 0 Å². The first-order valence-corrected chi connectivity index (χ1v) is 14.3. The monoisotopic (exact) mass is 567 g/mol. The maximum atomic E-state index is 12.4. The maximum Gasteiger partial charge on any atom is 0.261 e. The lowest BCUT2D eigenvalue weighted by molar-refractivity contribution is 0.0960. The molecule has 41 heavy (non-hydrogen) atoms. The van der Waals surface area contributed by atoms with E-state index in [1.807, 2.05) is 66.6 Å². The fourth-order valence-corrected chi connectivity index (χ4v) is 5.66. The number of amides is 1. The molecular weight excluding hydrogens is 538 g/mol. The highest BCUT2D eigenvalue weighted by Gasteiger charge is 2.16. The van der Waals surface area contributed by atoms with Crippen LogP contribution >= 0.6 is 11.3 Å². The molecule has 0 saturated heterocycles. The zero-order valence-corrected chi connectivity index (χ0v) is 23.3. The first-order chi connectivity index (χ1) is 20.1. The van der Waals surface area contributed by atoms with Gasteiger partial charge in [0.1, 0.15) is 22.6 Å². The molecule has 5 aromatic heterocycles. The second-order valence-electron chi connectivity index (χ2n) is 9.51. The van der Waals surface area contributed by atoms with E-state index < -0.39 is 0 Å². The lowest BCUT2D eigenvalue weighted by Gasteiger charge is -2.09. The highest BCUT2D eigenvalue weighted by atomic mass is 32.1. The summed E-state index contributed by atoms with van der Waals surface area (Å²) < 4.78 is 8.01. The Bertz CT molecular complexity index is 1820. The van der Waals surface area contributed by atoms with Crippen molar-refractivity contribution in [1.29, 1.82) is 0 Å². The van der Waals surface area contributed by atoms with Crippen LogP contribution in [0.25, 0.3) is 43.8 Å². The van der Waals surface area contributed by atoms with E-state index in [9.17, 15) is 4.79 Å². The van der Waals surface area contributed by atoms with Gasteiger partial charge in [-0.15, -0.1) is 11.3 Å². The number of aromatic amines is 1. The number of anilines is 1. The number of carbonyl (C=O) groups is 1. The van der Waals surface area contributed by atoms with Crippen LogP contribution in [0, 0.1) is 0 Å². The molecule has 0 atom stereocenters. The number of unbranched alkanes of at least 4 members (excludes halogenated alkanes) is 2. The highest BCUT2D eigenvalue weighted by molar-refractivity contribution is 7.20. The molecule has 5 heterocycles. The zero-order chi connectivity index (χ0) is 28.2. The Morgan fingerprint density at radius 2 is 2.00 bits per heavy atom. The number of hydrogen-bond acceptors (Lipinski definition) is 9. The van der Waals surface area contributed by atoms with E-state index in [0.717, 1.165) is 64.8 Å². The van der Waals surface area contributed by atoms with Gasteiger partial charge >= 0.3 is 0 Å². The smallest absolute Gasteiger partial charge is 0.261 e. The second kappa shape index (κ2) is 11.7. The number of aromatic nitrogens is 7. The molecule has 0 unspecified atom stereocenters. The van der Waals surface area contributed by atoms with Gasteiger partial charge in [0.05, 0.1) is 29.1 Å². The Morgan fingerprint density at radius 1 is 1.07 bits per heavy atom. The van der Waals surface area contributed by atoms with Crippen molar-refractivity contribution in [2.24, 2.45) is 0 Å². The molecule has 0 aliphatic rings. The van der Waals surface area contributed by atoms with E-state index in [1.54, 1.807) is 6.33 Å². The lowest BCUT2D eigenvalue weighted by Crippen LogP contribution is -2.21. The lowest BCUT2D eigenvalue weighted by atomic mass is 10.1. The van der Waals surface area contributed by atoms with E-state index in [-0.39, 0.29) is 11.9 Å². The standard InChI is InChI=1S/C29H29N9O2S/c1-2-31-27(39)23-14-22-25(36-29(30)37-28(22)41-23)18-7-6-8-20(13-18)40-12-5-3-4-11-38-16-19(15-35-38)24-21-9-10-32-26(21)34-17-33-24/h6-10,13-17H,2-5,11-12H2,1H3,(H,31,39)(H2,30,36,37)(H,32,33,34). The first-order valence-electron chi connectivity index (χ1n) is 13.5. The number of thiophene rings is 1. The number of rotatable bonds is 11. The van der Waals surface area contributed by atoms with Crippen LogP contribution in [-0.4, -0.2) is 53.8 Å². The number of benzene rings is 1. The zero-order valence-electron chi connectivity index (χ0n) is 22.5. The summed E-state index contributed by atoms with van der Waals surface area (Å²) in [6.07, 6.45) is 10.2. The molecule has 0 aliphatic heterocycles. The molecule has 12 heteroatoms. The van der Waals surface area contributed by atoms with Crippen LogP contribution in [0.3, 0.4) is 0 Å². The van der Waals surface area contributed by atoms with Crippen molar-refractivity contribution in [2.45, 2.75) is 32.7 Å². The Morgan fingerprint density at radius 3 is 2.90 bits per heavy atom. The Labute approximate surface area is 239 Å². The fraction of sp³-hybridized carbons (Fsp3) is 0.241. The molecule has 6 rings (SSSR count). The van der Waals surface area contributed by atoms with Gasteiger partial charge in [-0.05, 0) is 50.5 Å². The normalized spacial score (nSPS) is 11.3. The Kier molecular flexibility index (Phi) is 7.54.